The highest BCUT2D eigenvalue weighted by molar-refractivity contribution is 5.90. The van der Waals surface area contributed by atoms with Crippen molar-refractivity contribution in [1.29, 1.82) is 0 Å². The summed E-state index contributed by atoms with van der Waals surface area (Å²) in [6.45, 7) is 16.1. The van der Waals surface area contributed by atoms with Crippen molar-refractivity contribution >= 4 is 5.78 Å². The first-order valence-electron chi connectivity index (χ1n) is 13.0. The van der Waals surface area contributed by atoms with Gasteiger partial charge in [0.2, 0.25) is 0 Å². The fourth-order valence-corrected chi connectivity index (χ4v) is 9.10. The molecule has 1 N–H and O–H groups in total. The van der Waals surface area contributed by atoms with Gasteiger partial charge in [0.25, 0.3) is 0 Å². The highest BCUT2D eigenvalue weighted by atomic mass is 16.3. The van der Waals surface area contributed by atoms with Crippen molar-refractivity contribution in [2.45, 2.75) is 112 Å². The lowest BCUT2D eigenvalue weighted by atomic mass is 9.46. The van der Waals surface area contributed by atoms with Crippen molar-refractivity contribution in [3.8, 4) is 0 Å². The molecule has 0 aromatic heterocycles. The van der Waals surface area contributed by atoms with Crippen molar-refractivity contribution < 1.29 is 9.90 Å². The maximum absolute atomic E-state index is 12.5. The lowest BCUT2D eigenvalue weighted by Gasteiger charge is -2.60. The Kier molecular flexibility index (Phi) is 5.90. The fourth-order valence-electron chi connectivity index (χ4n) is 9.10. The molecule has 31 heavy (non-hydrogen) atoms. The summed E-state index contributed by atoms with van der Waals surface area (Å²) in [6.07, 6.45) is 12.1. The summed E-state index contributed by atoms with van der Waals surface area (Å²) >= 11 is 0. The molecule has 2 nitrogen and oxygen atoms in total. The second-order valence-electron chi connectivity index (χ2n) is 13.0. The van der Waals surface area contributed by atoms with Gasteiger partial charge in [-0.05, 0) is 111 Å². The van der Waals surface area contributed by atoms with Crippen LogP contribution in [0.5, 0.6) is 0 Å². The molecule has 0 spiro atoms. The average molecular weight is 427 g/mol. The number of ketones is 1. The smallest absolute Gasteiger partial charge is 0.155 e. The zero-order valence-corrected chi connectivity index (χ0v) is 21.2. The highest BCUT2D eigenvalue weighted by Gasteiger charge is 2.59. The predicted molar refractivity (Wildman–Crippen MR) is 129 cm³/mol. The summed E-state index contributed by atoms with van der Waals surface area (Å²) in [6, 6.07) is 0. The van der Waals surface area contributed by atoms with Crippen LogP contribution in [-0.4, -0.2) is 17.0 Å². The molecular weight excluding hydrogens is 380 g/mol. The molecule has 2 heteroatoms. The summed E-state index contributed by atoms with van der Waals surface area (Å²) in [5.41, 5.74) is 5.37. The van der Waals surface area contributed by atoms with E-state index in [1.807, 2.05) is 25.5 Å². The van der Waals surface area contributed by atoms with E-state index in [2.05, 4.69) is 34.6 Å². The Morgan fingerprint density at radius 3 is 2.45 bits per heavy atom. The van der Waals surface area contributed by atoms with Crippen LogP contribution in [0.1, 0.15) is 106 Å². The molecule has 2 fully saturated rings. The van der Waals surface area contributed by atoms with Crippen molar-refractivity contribution in [1.82, 2.24) is 0 Å². The van der Waals surface area contributed by atoms with Crippen LogP contribution >= 0.6 is 0 Å². The third-order valence-electron chi connectivity index (χ3n) is 10.6. The molecule has 0 saturated heterocycles. The minimum atomic E-state index is -0.156. The third kappa shape index (κ3) is 3.60. The summed E-state index contributed by atoms with van der Waals surface area (Å²) in [7, 11) is 0. The minimum absolute atomic E-state index is 0.0181. The van der Waals surface area contributed by atoms with Crippen LogP contribution in [0, 0.1) is 39.9 Å². The zero-order valence-electron chi connectivity index (χ0n) is 21.2. The molecule has 7 unspecified atom stereocenters. The Balaban J connectivity index is 1.60. The van der Waals surface area contributed by atoms with Gasteiger partial charge < -0.3 is 5.11 Å². The summed E-state index contributed by atoms with van der Waals surface area (Å²) in [5.74, 6) is 2.76. The summed E-state index contributed by atoms with van der Waals surface area (Å²) in [4.78, 5) is 12.5. The van der Waals surface area contributed by atoms with Crippen molar-refractivity contribution in [2.24, 2.45) is 39.9 Å². The number of aliphatic hydroxyl groups is 1. The van der Waals surface area contributed by atoms with E-state index in [0.717, 1.165) is 24.3 Å². The number of fused-ring (bicyclic) bond motifs is 4. The van der Waals surface area contributed by atoms with Gasteiger partial charge in [0.15, 0.2) is 5.78 Å². The summed E-state index contributed by atoms with van der Waals surface area (Å²) in [5, 5.41) is 10.8. The molecule has 4 rings (SSSR count). The molecule has 0 aromatic carbocycles. The van der Waals surface area contributed by atoms with Crippen molar-refractivity contribution in [2.75, 3.05) is 0 Å². The second kappa shape index (κ2) is 7.86. The van der Waals surface area contributed by atoms with E-state index < -0.39 is 0 Å². The molecule has 4 aliphatic rings. The van der Waals surface area contributed by atoms with Gasteiger partial charge >= 0.3 is 0 Å². The number of allylic oxidation sites excluding steroid dienone is 4. The Morgan fingerprint density at radius 1 is 1.06 bits per heavy atom. The van der Waals surface area contributed by atoms with Gasteiger partial charge in [0, 0.05) is 6.42 Å². The van der Waals surface area contributed by atoms with Gasteiger partial charge in [0.05, 0.1) is 6.10 Å². The van der Waals surface area contributed by atoms with Gasteiger partial charge in [0.1, 0.15) is 0 Å². The van der Waals surface area contributed by atoms with E-state index in [0.29, 0.717) is 35.4 Å². The first-order chi connectivity index (χ1) is 14.4. The predicted octanol–water partition coefficient (Wildman–Crippen LogP) is 7.27. The highest BCUT2D eigenvalue weighted by Crippen LogP contribution is 2.68. The molecule has 0 radical (unpaired) electrons. The minimum Gasteiger partial charge on any atom is -0.393 e. The second-order valence-corrected chi connectivity index (χ2v) is 13.0. The first kappa shape index (κ1) is 23.3. The van der Waals surface area contributed by atoms with Crippen LogP contribution < -0.4 is 0 Å². The van der Waals surface area contributed by atoms with Crippen LogP contribution in [0.2, 0.25) is 0 Å². The number of carbonyl (C=O) groups excluding carboxylic acids is 1. The molecule has 4 aliphatic carbocycles. The maximum atomic E-state index is 12.5. The number of carbonyl (C=O) groups is 1. The van der Waals surface area contributed by atoms with Crippen LogP contribution in [0.15, 0.2) is 22.8 Å². The quantitative estimate of drug-likeness (QED) is 0.379. The van der Waals surface area contributed by atoms with E-state index in [1.54, 1.807) is 5.57 Å². The molecule has 0 aromatic rings. The lowest BCUT2D eigenvalue weighted by Crippen LogP contribution is -2.53. The summed E-state index contributed by atoms with van der Waals surface area (Å²) < 4.78 is 0. The van der Waals surface area contributed by atoms with E-state index >= 15 is 0 Å². The van der Waals surface area contributed by atoms with Gasteiger partial charge in [-0.25, -0.2) is 0 Å². The van der Waals surface area contributed by atoms with Gasteiger partial charge in [-0.2, -0.15) is 0 Å². The Labute approximate surface area is 191 Å². The van der Waals surface area contributed by atoms with Crippen LogP contribution in [0.25, 0.3) is 0 Å². The standard InChI is InChI=1S/C29H46O2/c1-18(2)16-20(30)17-19(3)22-9-10-23-21-8-11-25-27(4,5)26(31)13-15-29(25,7)24(21)12-14-28(22,23)6/h16,19,22-23,25-26,31H,8-15,17H2,1-7H3. The molecule has 0 aliphatic heterocycles. The number of rotatable bonds is 4. The molecular formula is C29H46O2. The lowest BCUT2D eigenvalue weighted by molar-refractivity contribution is -0.116. The largest absolute Gasteiger partial charge is 0.393 e. The van der Waals surface area contributed by atoms with Crippen LogP contribution in [0.3, 0.4) is 0 Å². The maximum Gasteiger partial charge on any atom is 0.155 e. The van der Waals surface area contributed by atoms with Gasteiger partial charge in [-0.3, -0.25) is 4.79 Å². The van der Waals surface area contributed by atoms with Crippen molar-refractivity contribution in [3.05, 3.63) is 22.8 Å². The normalized spacial score (nSPS) is 42.3. The Morgan fingerprint density at radius 2 is 1.77 bits per heavy atom. The van der Waals surface area contributed by atoms with Crippen LogP contribution in [0.4, 0.5) is 0 Å². The SMILES string of the molecule is CC(C)=CC(=O)CC(C)C1CCC2C3=C(CCC21C)C1(C)CCC(O)C(C)(C)C1CC3. The molecule has 0 amide bonds. The van der Waals surface area contributed by atoms with E-state index in [1.165, 1.54) is 38.5 Å². The number of aliphatic hydroxyl groups excluding tert-OH is 1. The first-order valence-corrected chi connectivity index (χ1v) is 13.0. The molecule has 174 valence electrons. The van der Waals surface area contributed by atoms with Gasteiger partial charge in [-0.1, -0.05) is 51.3 Å². The van der Waals surface area contributed by atoms with E-state index in [-0.39, 0.29) is 16.9 Å². The topological polar surface area (TPSA) is 37.3 Å². The fraction of sp³-hybridized carbons (Fsp3) is 0.828. The molecule has 0 bridgehead atoms. The molecule has 0 heterocycles. The number of hydrogen-bond acceptors (Lipinski definition) is 2. The van der Waals surface area contributed by atoms with E-state index in [9.17, 15) is 9.90 Å². The Hall–Kier alpha value is -0.890. The van der Waals surface area contributed by atoms with Gasteiger partial charge in [-0.15, -0.1) is 0 Å². The monoisotopic (exact) mass is 426 g/mol. The average Bonchev–Trinajstić information content (AvgIpc) is 3.02. The zero-order chi connectivity index (χ0) is 22.8. The van der Waals surface area contributed by atoms with Crippen molar-refractivity contribution in [3.63, 3.8) is 0 Å². The number of hydrogen-bond donors (Lipinski definition) is 1. The Bertz CT molecular complexity index is 798. The third-order valence-corrected chi connectivity index (χ3v) is 10.6. The molecule has 7 atom stereocenters. The van der Waals surface area contributed by atoms with Crippen LogP contribution in [-0.2, 0) is 4.79 Å². The molecule has 2 saturated carbocycles. The van der Waals surface area contributed by atoms with E-state index in [4.69, 9.17) is 0 Å².